The van der Waals surface area contributed by atoms with Crippen molar-refractivity contribution >= 4 is 27.6 Å². The van der Waals surface area contributed by atoms with Crippen LogP contribution in [0.4, 0.5) is 5.69 Å². The van der Waals surface area contributed by atoms with Gasteiger partial charge in [0.1, 0.15) is 0 Å². The summed E-state index contributed by atoms with van der Waals surface area (Å²) in [5.74, 6) is 0.0878. The molecule has 0 fully saturated rings. The summed E-state index contributed by atoms with van der Waals surface area (Å²) in [6, 6.07) is 3.94. The van der Waals surface area contributed by atoms with Crippen LogP contribution < -0.4 is 11.5 Å². The maximum Gasteiger partial charge on any atom is 0.191 e. The molecule has 0 atom stereocenters. The van der Waals surface area contributed by atoms with E-state index in [0.717, 1.165) is 21.3 Å². The highest BCUT2D eigenvalue weighted by Gasteiger charge is 2.01. The van der Waals surface area contributed by atoms with Crippen molar-refractivity contribution in [2.24, 2.45) is 16.5 Å². The third-order valence-electron chi connectivity index (χ3n) is 1.73. The molecule has 0 spiro atoms. The molecule has 1 rings (SSSR count). The van der Waals surface area contributed by atoms with E-state index in [4.69, 9.17) is 11.5 Å². The van der Waals surface area contributed by atoms with E-state index in [1.165, 1.54) is 0 Å². The predicted molar refractivity (Wildman–Crippen MR) is 59.1 cm³/mol. The van der Waals surface area contributed by atoms with Crippen molar-refractivity contribution in [1.82, 2.24) is 0 Å². The van der Waals surface area contributed by atoms with E-state index in [9.17, 15) is 0 Å². The van der Waals surface area contributed by atoms with Crippen molar-refractivity contribution in [3.05, 3.63) is 27.7 Å². The number of hydrogen-bond acceptors (Lipinski definition) is 1. The Bertz CT molecular complexity index is 354. The fourth-order valence-electron chi connectivity index (χ4n) is 1.03. The first-order chi connectivity index (χ1) is 6.00. The quantitative estimate of drug-likeness (QED) is 0.584. The first-order valence-electron chi connectivity index (χ1n) is 3.87. The van der Waals surface area contributed by atoms with Gasteiger partial charge in [-0.1, -0.05) is 15.9 Å². The summed E-state index contributed by atoms with van der Waals surface area (Å²) in [5.41, 5.74) is 13.6. The second kappa shape index (κ2) is 3.79. The van der Waals surface area contributed by atoms with Gasteiger partial charge in [0, 0.05) is 4.47 Å². The number of aliphatic imine (C=N–C) groups is 1. The van der Waals surface area contributed by atoms with E-state index in [1.54, 1.807) is 0 Å². The Labute approximate surface area is 86.0 Å². The molecule has 0 aromatic heterocycles. The molecule has 0 saturated heterocycles. The van der Waals surface area contributed by atoms with Gasteiger partial charge >= 0.3 is 0 Å². The van der Waals surface area contributed by atoms with Gasteiger partial charge in [0.15, 0.2) is 5.96 Å². The highest BCUT2D eigenvalue weighted by atomic mass is 79.9. The summed E-state index contributed by atoms with van der Waals surface area (Å²) in [7, 11) is 0. The topological polar surface area (TPSA) is 64.4 Å². The van der Waals surface area contributed by atoms with Crippen LogP contribution in [0.3, 0.4) is 0 Å². The van der Waals surface area contributed by atoms with Gasteiger partial charge in [-0.3, -0.25) is 0 Å². The molecule has 0 heterocycles. The number of rotatable bonds is 1. The van der Waals surface area contributed by atoms with Crippen LogP contribution in [0.2, 0.25) is 0 Å². The van der Waals surface area contributed by atoms with Crippen molar-refractivity contribution in [3.63, 3.8) is 0 Å². The third-order valence-corrected chi connectivity index (χ3v) is 2.58. The van der Waals surface area contributed by atoms with Gasteiger partial charge in [-0.25, -0.2) is 4.99 Å². The lowest BCUT2D eigenvalue weighted by molar-refractivity contribution is 1.31. The van der Waals surface area contributed by atoms with Crippen molar-refractivity contribution in [1.29, 1.82) is 0 Å². The van der Waals surface area contributed by atoms with E-state index in [1.807, 2.05) is 26.0 Å². The normalized spacial score (nSPS) is 9.77. The number of hydrogen-bond donors (Lipinski definition) is 2. The average molecular weight is 242 g/mol. The molecule has 0 saturated carbocycles. The second-order valence-electron chi connectivity index (χ2n) is 2.92. The van der Waals surface area contributed by atoms with Gasteiger partial charge in [-0.2, -0.15) is 0 Å². The standard InChI is InChI=1S/C9H12BrN3/c1-5-4-8(13-9(11)12)6(2)3-7(5)10/h3-4H,1-2H3,(H4,11,12,13). The first-order valence-corrected chi connectivity index (χ1v) is 4.66. The molecule has 0 aliphatic rings. The van der Waals surface area contributed by atoms with E-state index < -0.39 is 0 Å². The summed E-state index contributed by atoms with van der Waals surface area (Å²) in [6.45, 7) is 3.96. The summed E-state index contributed by atoms with van der Waals surface area (Å²) >= 11 is 3.44. The number of nitrogens with two attached hydrogens (primary N) is 2. The zero-order chi connectivity index (χ0) is 10.0. The van der Waals surface area contributed by atoms with E-state index in [0.29, 0.717) is 0 Å². The molecule has 70 valence electrons. The highest BCUT2D eigenvalue weighted by Crippen LogP contribution is 2.26. The number of benzene rings is 1. The van der Waals surface area contributed by atoms with E-state index in [2.05, 4.69) is 20.9 Å². The number of halogens is 1. The summed E-state index contributed by atoms with van der Waals surface area (Å²) in [5, 5.41) is 0. The predicted octanol–water partition coefficient (Wildman–Crippen LogP) is 1.97. The van der Waals surface area contributed by atoms with Crippen molar-refractivity contribution in [2.75, 3.05) is 0 Å². The van der Waals surface area contributed by atoms with Crippen LogP contribution in [-0.2, 0) is 0 Å². The zero-order valence-corrected chi connectivity index (χ0v) is 9.22. The van der Waals surface area contributed by atoms with Gasteiger partial charge in [0.2, 0.25) is 0 Å². The van der Waals surface area contributed by atoms with Crippen molar-refractivity contribution in [2.45, 2.75) is 13.8 Å². The lowest BCUT2D eigenvalue weighted by atomic mass is 10.1. The molecule has 3 nitrogen and oxygen atoms in total. The summed E-state index contributed by atoms with van der Waals surface area (Å²) < 4.78 is 1.07. The molecule has 13 heavy (non-hydrogen) atoms. The van der Waals surface area contributed by atoms with Gasteiger partial charge in [-0.15, -0.1) is 0 Å². The van der Waals surface area contributed by atoms with Crippen LogP contribution in [0.15, 0.2) is 21.6 Å². The Balaban J connectivity index is 3.24. The fraction of sp³-hybridized carbons (Fsp3) is 0.222. The lowest BCUT2D eigenvalue weighted by Crippen LogP contribution is -2.22. The SMILES string of the molecule is Cc1cc(N=C(N)N)c(C)cc1Br. The summed E-state index contributed by atoms with van der Waals surface area (Å²) in [6.07, 6.45) is 0. The molecule has 0 aliphatic heterocycles. The smallest absolute Gasteiger partial charge is 0.191 e. The Morgan fingerprint density at radius 3 is 2.38 bits per heavy atom. The molecule has 0 unspecified atom stereocenters. The van der Waals surface area contributed by atoms with Gasteiger partial charge in [0.25, 0.3) is 0 Å². The molecule has 1 aromatic carbocycles. The van der Waals surface area contributed by atoms with Gasteiger partial charge in [-0.05, 0) is 37.1 Å². The molecule has 0 aliphatic carbocycles. The largest absolute Gasteiger partial charge is 0.370 e. The zero-order valence-electron chi connectivity index (χ0n) is 7.63. The Morgan fingerprint density at radius 1 is 1.23 bits per heavy atom. The molecule has 4 heteroatoms. The number of nitrogens with zero attached hydrogens (tertiary/aromatic N) is 1. The lowest BCUT2D eigenvalue weighted by Gasteiger charge is -2.04. The van der Waals surface area contributed by atoms with Gasteiger partial charge < -0.3 is 11.5 Å². The monoisotopic (exact) mass is 241 g/mol. The van der Waals surface area contributed by atoms with Crippen LogP contribution >= 0.6 is 15.9 Å². The molecular weight excluding hydrogens is 230 g/mol. The van der Waals surface area contributed by atoms with Crippen molar-refractivity contribution < 1.29 is 0 Å². The fourth-order valence-corrected chi connectivity index (χ4v) is 1.48. The van der Waals surface area contributed by atoms with Crippen LogP contribution in [0.25, 0.3) is 0 Å². The number of guanidine groups is 1. The average Bonchev–Trinajstić information content (AvgIpc) is 1.99. The Kier molecular flexibility index (Phi) is 2.93. The minimum atomic E-state index is 0.0878. The minimum Gasteiger partial charge on any atom is -0.370 e. The van der Waals surface area contributed by atoms with Crippen LogP contribution in [0, 0.1) is 13.8 Å². The van der Waals surface area contributed by atoms with Crippen LogP contribution in [-0.4, -0.2) is 5.96 Å². The molecular formula is C9H12BrN3. The highest BCUT2D eigenvalue weighted by molar-refractivity contribution is 9.10. The molecule has 4 N–H and O–H groups in total. The number of aryl methyl sites for hydroxylation is 2. The van der Waals surface area contributed by atoms with E-state index in [-0.39, 0.29) is 5.96 Å². The van der Waals surface area contributed by atoms with Crippen LogP contribution in [0.1, 0.15) is 11.1 Å². The first kappa shape index (κ1) is 10.1. The molecule has 0 radical (unpaired) electrons. The summed E-state index contributed by atoms with van der Waals surface area (Å²) in [4.78, 5) is 4.01. The third kappa shape index (κ3) is 2.45. The van der Waals surface area contributed by atoms with Crippen molar-refractivity contribution in [3.8, 4) is 0 Å². The molecule has 1 aromatic rings. The maximum absolute atomic E-state index is 5.30. The minimum absolute atomic E-state index is 0.0878. The van der Waals surface area contributed by atoms with E-state index >= 15 is 0 Å². The molecule has 0 bridgehead atoms. The van der Waals surface area contributed by atoms with Gasteiger partial charge in [0.05, 0.1) is 5.69 Å². The maximum atomic E-state index is 5.30. The Morgan fingerprint density at radius 2 is 1.85 bits per heavy atom. The second-order valence-corrected chi connectivity index (χ2v) is 3.78. The Hall–Kier alpha value is -1.03. The van der Waals surface area contributed by atoms with Crippen LogP contribution in [0.5, 0.6) is 0 Å². The molecule has 0 amide bonds.